The summed E-state index contributed by atoms with van der Waals surface area (Å²) in [5.41, 5.74) is 0.872. The minimum Gasteiger partial charge on any atom is -0.392 e. The zero-order valence-corrected chi connectivity index (χ0v) is 17.7. The van der Waals surface area contributed by atoms with Gasteiger partial charge in [0.25, 0.3) is 0 Å². The van der Waals surface area contributed by atoms with Gasteiger partial charge in [-0.3, -0.25) is 4.79 Å². The molecule has 0 radical (unpaired) electrons. The Morgan fingerprint density at radius 1 is 1.32 bits per heavy atom. The number of hydrogen-bond donors (Lipinski definition) is 2. The van der Waals surface area contributed by atoms with Crippen LogP contribution in [0, 0.1) is 10.7 Å². The van der Waals surface area contributed by atoms with Crippen LogP contribution in [0.25, 0.3) is 0 Å². The fourth-order valence-corrected chi connectivity index (χ4v) is 5.80. The Hall–Kier alpha value is 1.19. The molecular formula is C12H14I3NO2S. The second-order valence-corrected chi connectivity index (χ2v) is 8.98. The molecule has 2 unspecified atom stereocenters. The van der Waals surface area contributed by atoms with Crippen LogP contribution >= 0.6 is 79.5 Å². The summed E-state index contributed by atoms with van der Waals surface area (Å²) in [7, 11) is 0. The Kier molecular flexibility index (Phi) is 8.24. The Balaban J connectivity index is 2.63. The predicted octanol–water partition coefficient (Wildman–Crippen LogP) is 3.94. The van der Waals surface area contributed by atoms with Gasteiger partial charge in [-0.1, -0.05) is 6.92 Å². The fourth-order valence-electron chi connectivity index (χ4n) is 1.18. The number of carbonyl (C=O) groups excluding carboxylic acids is 1. The zero-order valence-electron chi connectivity index (χ0n) is 10.4. The largest absolute Gasteiger partial charge is 0.392 e. The normalized spacial score (nSPS) is 14.0. The molecule has 3 nitrogen and oxygen atoms in total. The van der Waals surface area contributed by atoms with E-state index in [2.05, 4.69) is 73.1 Å². The van der Waals surface area contributed by atoms with E-state index in [1.165, 1.54) is 11.8 Å². The Morgan fingerprint density at radius 2 is 1.84 bits per heavy atom. The summed E-state index contributed by atoms with van der Waals surface area (Å²) in [6.45, 7) is 3.65. The third-order valence-electron chi connectivity index (χ3n) is 2.43. The molecule has 0 spiro atoms. The molecule has 2 N–H and O–H groups in total. The molecule has 0 fully saturated rings. The second kappa shape index (κ2) is 8.59. The number of anilines is 1. The summed E-state index contributed by atoms with van der Waals surface area (Å²) in [5, 5.41) is 12.4. The van der Waals surface area contributed by atoms with E-state index < -0.39 is 6.10 Å². The number of aliphatic hydroxyl groups is 1. The lowest BCUT2D eigenvalue weighted by Gasteiger charge is -2.14. The molecule has 1 rings (SSSR count). The maximum atomic E-state index is 11.9. The van der Waals surface area contributed by atoms with Gasteiger partial charge in [0.05, 0.1) is 17.5 Å². The average Bonchev–Trinajstić information content (AvgIpc) is 2.30. The molecule has 106 valence electrons. The van der Waals surface area contributed by atoms with Gasteiger partial charge in [-0.15, -0.1) is 11.8 Å². The van der Waals surface area contributed by atoms with Crippen LogP contribution in [0.3, 0.4) is 0 Å². The molecule has 1 aromatic rings. The van der Waals surface area contributed by atoms with Crippen LogP contribution in [-0.2, 0) is 4.79 Å². The van der Waals surface area contributed by atoms with E-state index in [0.29, 0.717) is 5.75 Å². The van der Waals surface area contributed by atoms with Crippen molar-refractivity contribution in [2.75, 3.05) is 11.1 Å². The smallest absolute Gasteiger partial charge is 0.234 e. The van der Waals surface area contributed by atoms with Crippen LogP contribution in [0.5, 0.6) is 0 Å². The molecular weight excluding hydrogens is 603 g/mol. The van der Waals surface area contributed by atoms with Crippen molar-refractivity contribution in [1.82, 2.24) is 0 Å². The van der Waals surface area contributed by atoms with Gasteiger partial charge in [-0.2, -0.15) is 0 Å². The molecule has 19 heavy (non-hydrogen) atoms. The molecule has 1 aromatic carbocycles. The number of hydrogen-bond acceptors (Lipinski definition) is 3. The molecule has 0 saturated heterocycles. The zero-order chi connectivity index (χ0) is 14.6. The summed E-state index contributed by atoms with van der Waals surface area (Å²) in [6, 6.07) is 4.06. The van der Waals surface area contributed by atoms with Crippen molar-refractivity contribution in [1.29, 1.82) is 0 Å². The highest BCUT2D eigenvalue weighted by molar-refractivity contribution is 14.1. The van der Waals surface area contributed by atoms with Crippen molar-refractivity contribution in [2.24, 2.45) is 0 Å². The second-order valence-electron chi connectivity index (χ2n) is 4.05. The minimum atomic E-state index is -0.406. The molecule has 0 aliphatic carbocycles. The minimum absolute atomic E-state index is 0.0328. The first-order valence-corrected chi connectivity index (χ1v) is 9.83. The van der Waals surface area contributed by atoms with E-state index in [9.17, 15) is 9.90 Å². The van der Waals surface area contributed by atoms with Gasteiger partial charge in [-0.25, -0.2) is 0 Å². The predicted molar refractivity (Wildman–Crippen MR) is 107 cm³/mol. The molecule has 2 atom stereocenters. The molecule has 0 aliphatic rings. The van der Waals surface area contributed by atoms with Gasteiger partial charge in [0.1, 0.15) is 0 Å². The first-order valence-electron chi connectivity index (χ1n) is 5.55. The van der Waals surface area contributed by atoms with Crippen LogP contribution < -0.4 is 5.32 Å². The lowest BCUT2D eigenvalue weighted by atomic mass is 10.3. The maximum absolute atomic E-state index is 11.9. The summed E-state index contributed by atoms with van der Waals surface area (Å²) >= 11 is 8.17. The van der Waals surface area contributed by atoms with Gasteiger partial charge < -0.3 is 10.4 Å². The highest BCUT2D eigenvalue weighted by Gasteiger charge is 2.14. The van der Waals surface area contributed by atoms with Crippen molar-refractivity contribution in [3.63, 3.8) is 0 Å². The van der Waals surface area contributed by atoms with E-state index in [-0.39, 0.29) is 11.2 Å². The number of benzene rings is 1. The molecule has 0 aliphatic heterocycles. The SMILES string of the molecule is CC(O)C(C)SCC(=O)Nc1c(I)cc(I)cc1I. The molecule has 0 saturated carbocycles. The van der Waals surface area contributed by atoms with E-state index >= 15 is 0 Å². The lowest BCUT2D eigenvalue weighted by molar-refractivity contribution is -0.113. The van der Waals surface area contributed by atoms with Gasteiger partial charge >= 0.3 is 0 Å². The standard InChI is InChI=1S/C12H14I3NO2S/c1-6(17)7(2)19-5-11(18)16-12-9(14)3-8(13)4-10(12)15/h3-4,6-7,17H,5H2,1-2H3,(H,16,18). The van der Waals surface area contributed by atoms with E-state index in [1.54, 1.807) is 6.92 Å². The van der Waals surface area contributed by atoms with Crippen molar-refractivity contribution >= 4 is 91.1 Å². The van der Waals surface area contributed by atoms with E-state index in [0.717, 1.165) is 16.4 Å². The molecule has 7 heteroatoms. The van der Waals surface area contributed by atoms with Crippen LogP contribution in [0.15, 0.2) is 12.1 Å². The highest BCUT2D eigenvalue weighted by atomic mass is 127. The van der Waals surface area contributed by atoms with Crippen LogP contribution in [0.1, 0.15) is 13.8 Å². The van der Waals surface area contributed by atoms with Gasteiger partial charge in [0, 0.05) is 16.0 Å². The van der Waals surface area contributed by atoms with Gasteiger partial charge in [-0.05, 0) is 86.8 Å². The Morgan fingerprint density at radius 3 is 2.32 bits per heavy atom. The van der Waals surface area contributed by atoms with E-state index in [4.69, 9.17) is 0 Å². The van der Waals surface area contributed by atoms with Crippen molar-refractivity contribution in [2.45, 2.75) is 25.2 Å². The van der Waals surface area contributed by atoms with E-state index in [1.807, 2.05) is 19.1 Å². The molecule has 1 amide bonds. The number of aliphatic hydroxyl groups excluding tert-OH is 1. The van der Waals surface area contributed by atoms with Crippen molar-refractivity contribution in [3.8, 4) is 0 Å². The third kappa shape index (κ3) is 6.22. The van der Waals surface area contributed by atoms with Crippen molar-refractivity contribution < 1.29 is 9.90 Å². The first kappa shape index (κ1) is 18.2. The highest BCUT2D eigenvalue weighted by Crippen LogP contribution is 2.27. The molecule has 0 bridgehead atoms. The van der Waals surface area contributed by atoms with Crippen LogP contribution in [-0.4, -0.2) is 28.1 Å². The van der Waals surface area contributed by atoms with Crippen molar-refractivity contribution in [3.05, 3.63) is 22.8 Å². The number of amides is 1. The van der Waals surface area contributed by atoms with Crippen LogP contribution in [0.4, 0.5) is 5.69 Å². The number of thioether (sulfide) groups is 1. The Bertz CT molecular complexity index is 445. The molecule has 0 aromatic heterocycles. The Labute approximate surface area is 158 Å². The topological polar surface area (TPSA) is 49.3 Å². The monoisotopic (exact) mass is 617 g/mol. The fraction of sp³-hybridized carbons (Fsp3) is 0.417. The summed E-state index contributed by atoms with van der Waals surface area (Å²) in [4.78, 5) is 11.9. The summed E-state index contributed by atoms with van der Waals surface area (Å²) in [5.74, 6) is 0.319. The quantitative estimate of drug-likeness (QED) is 0.493. The average molecular weight is 617 g/mol. The lowest BCUT2D eigenvalue weighted by Crippen LogP contribution is -2.21. The van der Waals surface area contributed by atoms with Gasteiger partial charge in [0.15, 0.2) is 0 Å². The number of halogens is 3. The third-order valence-corrected chi connectivity index (χ3v) is 6.10. The van der Waals surface area contributed by atoms with Gasteiger partial charge in [0.2, 0.25) is 5.91 Å². The summed E-state index contributed by atoms with van der Waals surface area (Å²) < 4.78 is 3.23. The maximum Gasteiger partial charge on any atom is 0.234 e. The van der Waals surface area contributed by atoms with Crippen LogP contribution in [0.2, 0.25) is 0 Å². The first-order chi connectivity index (χ1) is 8.81. The summed E-state index contributed by atoms with van der Waals surface area (Å²) in [6.07, 6.45) is -0.406. The molecule has 0 heterocycles. The number of nitrogens with one attached hydrogen (secondary N) is 1. The number of rotatable bonds is 5. The number of carbonyl (C=O) groups is 1.